The van der Waals surface area contributed by atoms with E-state index < -0.39 is 23.8 Å². The molecule has 1 aromatic rings. The van der Waals surface area contributed by atoms with Crippen LogP contribution in [0.25, 0.3) is 0 Å². The lowest BCUT2D eigenvalue weighted by atomic mass is 10.0. The highest BCUT2D eigenvalue weighted by Crippen LogP contribution is 2.17. The summed E-state index contributed by atoms with van der Waals surface area (Å²) in [6, 6.07) is 8.19. The largest absolute Gasteiger partial charge is 0.444 e. The van der Waals surface area contributed by atoms with Crippen LogP contribution in [-0.4, -0.2) is 29.4 Å². The molecule has 2 atom stereocenters. The molecule has 0 aliphatic carbocycles. The highest BCUT2D eigenvalue weighted by molar-refractivity contribution is 5.68. The molecular formula is C14H22N2O3. The summed E-state index contributed by atoms with van der Waals surface area (Å²) in [6.45, 7) is 5.14. The van der Waals surface area contributed by atoms with Crippen LogP contribution < -0.4 is 11.1 Å². The molecule has 0 fully saturated rings. The van der Waals surface area contributed by atoms with E-state index in [0.29, 0.717) is 0 Å². The van der Waals surface area contributed by atoms with Gasteiger partial charge in [0.2, 0.25) is 0 Å². The van der Waals surface area contributed by atoms with E-state index in [2.05, 4.69) is 5.32 Å². The number of nitrogens with one attached hydrogen (secondary N) is 1. The molecule has 1 amide bonds. The quantitative estimate of drug-likeness (QED) is 0.772. The van der Waals surface area contributed by atoms with E-state index in [1.54, 1.807) is 20.8 Å². The molecular weight excluding hydrogens is 244 g/mol. The van der Waals surface area contributed by atoms with Gasteiger partial charge in [0.25, 0.3) is 0 Å². The molecule has 5 heteroatoms. The number of nitrogens with two attached hydrogens (primary N) is 1. The van der Waals surface area contributed by atoms with Crippen molar-refractivity contribution in [1.82, 2.24) is 5.32 Å². The standard InChI is InChI=1S/C14H22N2O3/c1-14(2,3)19-13(18)16-12(11(15)9-17)10-7-5-4-6-8-10/h4-8,11-12,17H,9,15H2,1-3H3,(H,16,18). The minimum atomic E-state index is -0.588. The summed E-state index contributed by atoms with van der Waals surface area (Å²) in [5, 5.41) is 11.9. The van der Waals surface area contributed by atoms with Crippen LogP contribution in [0.2, 0.25) is 0 Å². The Morgan fingerprint density at radius 3 is 2.42 bits per heavy atom. The third kappa shape index (κ3) is 5.28. The van der Waals surface area contributed by atoms with Crippen molar-refractivity contribution in [2.24, 2.45) is 5.73 Å². The Morgan fingerprint density at radius 2 is 1.95 bits per heavy atom. The molecule has 0 aromatic heterocycles. The molecule has 2 unspecified atom stereocenters. The average molecular weight is 266 g/mol. The molecule has 0 radical (unpaired) electrons. The second-order valence-corrected chi connectivity index (χ2v) is 5.38. The van der Waals surface area contributed by atoms with E-state index in [1.807, 2.05) is 30.3 Å². The number of hydrogen-bond donors (Lipinski definition) is 3. The number of aliphatic hydroxyl groups is 1. The summed E-state index contributed by atoms with van der Waals surface area (Å²) in [4.78, 5) is 11.8. The summed E-state index contributed by atoms with van der Waals surface area (Å²) >= 11 is 0. The lowest BCUT2D eigenvalue weighted by Crippen LogP contribution is -2.44. The van der Waals surface area contributed by atoms with Gasteiger partial charge in [-0.3, -0.25) is 0 Å². The number of amides is 1. The summed E-state index contributed by atoms with van der Waals surface area (Å²) in [6.07, 6.45) is -0.551. The van der Waals surface area contributed by atoms with E-state index >= 15 is 0 Å². The van der Waals surface area contributed by atoms with Gasteiger partial charge in [-0.2, -0.15) is 0 Å². The first-order valence-electron chi connectivity index (χ1n) is 6.24. The molecule has 19 heavy (non-hydrogen) atoms. The zero-order valence-electron chi connectivity index (χ0n) is 11.6. The number of hydrogen-bond acceptors (Lipinski definition) is 4. The minimum absolute atomic E-state index is 0.227. The molecule has 5 nitrogen and oxygen atoms in total. The molecule has 0 heterocycles. The first-order valence-corrected chi connectivity index (χ1v) is 6.24. The fourth-order valence-electron chi connectivity index (χ4n) is 1.64. The van der Waals surface area contributed by atoms with Crippen molar-refractivity contribution in [2.45, 2.75) is 38.5 Å². The summed E-state index contributed by atoms with van der Waals surface area (Å²) in [7, 11) is 0. The van der Waals surface area contributed by atoms with Gasteiger partial charge in [0, 0.05) is 0 Å². The van der Waals surface area contributed by atoms with Gasteiger partial charge in [0.1, 0.15) is 5.60 Å². The Hall–Kier alpha value is -1.59. The third-order valence-corrected chi connectivity index (χ3v) is 2.47. The molecule has 1 rings (SSSR count). The highest BCUT2D eigenvalue weighted by Gasteiger charge is 2.24. The van der Waals surface area contributed by atoms with E-state index in [1.165, 1.54) is 0 Å². The SMILES string of the molecule is CC(C)(C)OC(=O)NC(c1ccccc1)C(N)CO. The van der Waals surface area contributed by atoms with Crippen molar-refractivity contribution in [1.29, 1.82) is 0 Å². The van der Waals surface area contributed by atoms with Gasteiger partial charge >= 0.3 is 6.09 Å². The summed E-state index contributed by atoms with van der Waals surface area (Å²) in [5.41, 5.74) is 6.09. The monoisotopic (exact) mass is 266 g/mol. The van der Waals surface area contributed by atoms with Crippen molar-refractivity contribution < 1.29 is 14.6 Å². The lowest BCUT2D eigenvalue weighted by molar-refractivity contribution is 0.0488. The molecule has 0 saturated carbocycles. The molecule has 0 aliphatic rings. The molecule has 0 aliphatic heterocycles. The van der Waals surface area contributed by atoms with Gasteiger partial charge < -0.3 is 20.9 Å². The summed E-state index contributed by atoms with van der Waals surface area (Å²) in [5.74, 6) is 0. The number of carbonyl (C=O) groups excluding carboxylic acids is 1. The molecule has 106 valence electrons. The zero-order chi connectivity index (χ0) is 14.5. The Morgan fingerprint density at radius 1 is 1.37 bits per heavy atom. The van der Waals surface area contributed by atoms with Crippen molar-refractivity contribution in [3.63, 3.8) is 0 Å². The van der Waals surface area contributed by atoms with Crippen LogP contribution in [0.1, 0.15) is 32.4 Å². The van der Waals surface area contributed by atoms with E-state index in [-0.39, 0.29) is 6.61 Å². The topological polar surface area (TPSA) is 84.6 Å². The maximum absolute atomic E-state index is 11.8. The van der Waals surface area contributed by atoms with Crippen molar-refractivity contribution in [3.05, 3.63) is 35.9 Å². The number of ether oxygens (including phenoxy) is 1. The van der Waals surface area contributed by atoms with Crippen LogP contribution >= 0.6 is 0 Å². The van der Waals surface area contributed by atoms with E-state index in [0.717, 1.165) is 5.56 Å². The number of aliphatic hydroxyl groups excluding tert-OH is 1. The molecule has 0 bridgehead atoms. The first-order chi connectivity index (χ1) is 8.83. The molecule has 4 N–H and O–H groups in total. The van der Waals surface area contributed by atoms with Crippen molar-refractivity contribution in [3.8, 4) is 0 Å². The van der Waals surface area contributed by atoms with Crippen molar-refractivity contribution >= 4 is 6.09 Å². The lowest BCUT2D eigenvalue weighted by Gasteiger charge is -2.26. The normalized spacial score (nSPS) is 14.6. The predicted octanol–water partition coefficient (Wildman–Crippen LogP) is 1.57. The Bertz CT molecular complexity index is 401. The highest BCUT2D eigenvalue weighted by atomic mass is 16.6. The van der Waals surface area contributed by atoms with Gasteiger partial charge in [-0.15, -0.1) is 0 Å². The summed E-state index contributed by atoms with van der Waals surface area (Å²) < 4.78 is 5.20. The van der Waals surface area contributed by atoms with Gasteiger partial charge in [0.15, 0.2) is 0 Å². The van der Waals surface area contributed by atoms with Crippen LogP contribution in [0.5, 0.6) is 0 Å². The van der Waals surface area contributed by atoms with Gasteiger partial charge in [-0.25, -0.2) is 4.79 Å². The Kier molecular flexibility index (Phi) is 5.32. The van der Waals surface area contributed by atoms with Gasteiger partial charge in [-0.1, -0.05) is 30.3 Å². The minimum Gasteiger partial charge on any atom is -0.444 e. The smallest absolute Gasteiger partial charge is 0.408 e. The Labute approximate surface area is 113 Å². The number of alkyl carbamates (subject to hydrolysis) is 1. The second kappa shape index (κ2) is 6.54. The number of rotatable bonds is 4. The zero-order valence-corrected chi connectivity index (χ0v) is 11.6. The van der Waals surface area contributed by atoms with Crippen LogP contribution in [-0.2, 0) is 4.74 Å². The van der Waals surface area contributed by atoms with Crippen LogP contribution in [0, 0.1) is 0 Å². The fraction of sp³-hybridized carbons (Fsp3) is 0.500. The van der Waals surface area contributed by atoms with Crippen LogP contribution in [0.4, 0.5) is 4.79 Å². The van der Waals surface area contributed by atoms with Gasteiger partial charge in [0.05, 0.1) is 18.7 Å². The molecule has 0 spiro atoms. The average Bonchev–Trinajstić information content (AvgIpc) is 2.34. The molecule has 0 saturated heterocycles. The third-order valence-electron chi connectivity index (χ3n) is 2.47. The molecule has 1 aromatic carbocycles. The van der Waals surface area contributed by atoms with E-state index in [4.69, 9.17) is 10.5 Å². The maximum atomic E-state index is 11.8. The van der Waals surface area contributed by atoms with Crippen LogP contribution in [0.3, 0.4) is 0 Å². The fourth-order valence-corrected chi connectivity index (χ4v) is 1.64. The van der Waals surface area contributed by atoms with Gasteiger partial charge in [-0.05, 0) is 26.3 Å². The maximum Gasteiger partial charge on any atom is 0.408 e. The predicted molar refractivity (Wildman–Crippen MR) is 73.6 cm³/mol. The Balaban J connectivity index is 2.80. The number of benzene rings is 1. The van der Waals surface area contributed by atoms with Crippen molar-refractivity contribution in [2.75, 3.05) is 6.61 Å². The first kappa shape index (κ1) is 15.5. The van der Waals surface area contributed by atoms with E-state index in [9.17, 15) is 9.90 Å². The number of carbonyl (C=O) groups is 1. The second-order valence-electron chi connectivity index (χ2n) is 5.38. The van der Waals surface area contributed by atoms with Crippen LogP contribution in [0.15, 0.2) is 30.3 Å².